The molecule has 1 fully saturated rings. The van der Waals surface area contributed by atoms with Crippen LogP contribution in [0.25, 0.3) is 0 Å². The Morgan fingerprint density at radius 3 is 2.57 bits per heavy atom. The molecule has 1 amide bonds. The molecule has 2 N–H and O–H groups in total. The molecule has 0 unspecified atom stereocenters. The van der Waals surface area contributed by atoms with Crippen molar-refractivity contribution in [2.45, 2.75) is 44.6 Å². The highest BCUT2D eigenvalue weighted by molar-refractivity contribution is 5.98. The van der Waals surface area contributed by atoms with Crippen LogP contribution in [0.5, 0.6) is 0 Å². The lowest BCUT2D eigenvalue weighted by molar-refractivity contribution is -0.384. The van der Waals surface area contributed by atoms with Crippen molar-refractivity contribution in [3.63, 3.8) is 0 Å². The molecule has 2 rings (SSSR count). The number of nitro groups is 1. The van der Waals surface area contributed by atoms with Crippen LogP contribution in [-0.4, -0.2) is 27.4 Å². The number of carboxylic acid groups (broad SMARTS) is 1. The standard InChI is InChI=1S/C16H20N2O5/c1-2-11-6-8-16(9-7-11,15(20)21)17-14(19)12-4-3-5-13(10-12)18(22)23/h3-5,10-11H,2,6-9H2,1H3,(H,17,19)(H,20,21). The second-order valence-electron chi connectivity index (χ2n) is 6.00. The summed E-state index contributed by atoms with van der Waals surface area (Å²) in [6.07, 6.45) is 3.24. The monoisotopic (exact) mass is 320 g/mol. The average Bonchev–Trinajstić information content (AvgIpc) is 2.55. The van der Waals surface area contributed by atoms with E-state index in [9.17, 15) is 24.8 Å². The van der Waals surface area contributed by atoms with Gasteiger partial charge in [-0.2, -0.15) is 0 Å². The zero-order chi connectivity index (χ0) is 17.0. The fraction of sp³-hybridized carbons (Fsp3) is 0.500. The van der Waals surface area contributed by atoms with Crippen LogP contribution in [0.3, 0.4) is 0 Å². The molecule has 23 heavy (non-hydrogen) atoms. The number of nitro benzene ring substituents is 1. The van der Waals surface area contributed by atoms with Gasteiger partial charge in [0.1, 0.15) is 5.54 Å². The highest BCUT2D eigenvalue weighted by Gasteiger charge is 2.43. The highest BCUT2D eigenvalue weighted by atomic mass is 16.6. The third-order valence-corrected chi connectivity index (χ3v) is 4.62. The Balaban J connectivity index is 2.17. The van der Waals surface area contributed by atoms with Gasteiger partial charge in [-0.1, -0.05) is 19.4 Å². The summed E-state index contributed by atoms with van der Waals surface area (Å²) in [5.41, 5.74) is -1.39. The van der Waals surface area contributed by atoms with E-state index >= 15 is 0 Å². The Morgan fingerprint density at radius 1 is 1.39 bits per heavy atom. The third-order valence-electron chi connectivity index (χ3n) is 4.62. The van der Waals surface area contributed by atoms with Crippen LogP contribution in [0.1, 0.15) is 49.4 Å². The van der Waals surface area contributed by atoms with Crippen LogP contribution >= 0.6 is 0 Å². The summed E-state index contributed by atoms with van der Waals surface area (Å²) in [6.45, 7) is 2.07. The molecule has 0 heterocycles. The van der Waals surface area contributed by atoms with Crippen LogP contribution in [0.4, 0.5) is 5.69 Å². The van der Waals surface area contributed by atoms with Gasteiger partial charge in [0.25, 0.3) is 11.6 Å². The molecule has 1 saturated carbocycles. The largest absolute Gasteiger partial charge is 0.480 e. The summed E-state index contributed by atoms with van der Waals surface area (Å²) >= 11 is 0. The fourth-order valence-electron chi connectivity index (χ4n) is 3.02. The molecule has 0 saturated heterocycles. The average molecular weight is 320 g/mol. The van der Waals surface area contributed by atoms with Crippen molar-refractivity contribution in [1.82, 2.24) is 5.32 Å². The Morgan fingerprint density at radius 2 is 2.04 bits per heavy atom. The number of carbonyl (C=O) groups is 2. The van der Waals surface area contributed by atoms with E-state index in [0.29, 0.717) is 18.8 Å². The molecule has 0 aliphatic heterocycles. The zero-order valence-electron chi connectivity index (χ0n) is 12.9. The number of rotatable bonds is 5. The molecule has 0 radical (unpaired) electrons. The smallest absolute Gasteiger partial charge is 0.329 e. The summed E-state index contributed by atoms with van der Waals surface area (Å²) < 4.78 is 0. The van der Waals surface area contributed by atoms with Crippen molar-refractivity contribution in [2.75, 3.05) is 0 Å². The first-order valence-corrected chi connectivity index (χ1v) is 7.68. The first-order chi connectivity index (χ1) is 10.9. The molecule has 7 nitrogen and oxygen atoms in total. The summed E-state index contributed by atoms with van der Waals surface area (Å²) in [7, 11) is 0. The molecule has 0 atom stereocenters. The lowest BCUT2D eigenvalue weighted by atomic mass is 9.75. The van der Waals surface area contributed by atoms with Gasteiger partial charge in [0.2, 0.25) is 0 Å². The van der Waals surface area contributed by atoms with Crippen LogP contribution in [0.15, 0.2) is 24.3 Å². The predicted molar refractivity (Wildman–Crippen MR) is 83.2 cm³/mol. The highest BCUT2D eigenvalue weighted by Crippen LogP contribution is 2.34. The van der Waals surface area contributed by atoms with E-state index in [2.05, 4.69) is 12.2 Å². The van der Waals surface area contributed by atoms with Crippen LogP contribution < -0.4 is 5.32 Å². The summed E-state index contributed by atoms with van der Waals surface area (Å²) in [4.78, 5) is 34.2. The van der Waals surface area contributed by atoms with Crippen LogP contribution in [-0.2, 0) is 4.79 Å². The van der Waals surface area contributed by atoms with Gasteiger partial charge in [0.05, 0.1) is 4.92 Å². The Labute approximate surface area is 133 Å². The maximum atomic E-state index is 12.4. The number of benzene rings is 1. The van der Waals surface area contributed by atoms with Gasteiger partial charge < -0.3 is 10.4 Å². The summed E-state index contributed by atoms with van der Waals surface area (Å²) in [5, 5.41) is 22.9. The number of hydrogen-bond donors (Lipinski definition) is 2. The first-order valence-electron chi connectivity index (χ1n) is 7.68. The normalized spacial score (nSPS) is 24.0. The number of nitrogens with one attached hydrogen (secondary N) is 1. The lowest BCUT2D eigenvalue weighted by Crippen LogP contribution is -2.56. The molecule has 1 aliphatic rings. The number of aliphatic carboxylic acids is 1. The minimum atomic E-state index is -1.28. The number of hydrogen-bond acceptors (Lipinski definition) is 4. The number of non-ortho nitro benzene ring substituents is 1. The predicted octanol–water partition coefficient (Wildman–Crippen LogP) is 2.75. The summed E-state index contributed by atoms with van der Waals surface area (Å²) in [5.74, 6) is -1.16. The van der Waals surface area contributed by atoms with E-state index in [1.807, 2.05) is 0 Å². The second kappa shape index (κ2) is 6.76. The molecule has 124 valence electrons. The SMILES string of the molecule is CCC1CCC(NC(=O)c2cccc([N+](=O)[O-])c2)(C(=O)O)CC1. The number of amides is 1. The minimum Gasteiger partial charge on any atom is -0.480 e. The molecule has 0 bridgehead atoms. The molecular weight excluding hydrogens is 300 g/mol. The van der Waals surface area contributed by atoms with E-state index in [0.717, 1.165) is 25.3 Å². The van der Waals surface area contributed by atoms with E-state index in [1.54, 1.807) is 0 Å². The fourth-order valence-corrected chi connectivity index (χ4v) is 3.02. The molecule has 7 heteroatoms. The van der Waals surface area contributed by atoms with Crippen molar-refractivity contribution < 1.29 is 19.6 Å². The van der Waals surface area contributed by atoms with Gasteiger partial charge in [-0.3, -0.25) is 14.9 Å². The van der Waals surface area contributed by atoms with Crippen LogP contribution in [0.2, 0.25) is 0 Å². The Kier molecular flexibility index (Phi) is 4.98. The maximum Gasteiger partial charge on any atom is 0.329 e. The molecule has 0 spiro atoms. The summed E-state index contributed by atoms with van der Waals surface area (Å²) in [6, 6.07) is 5.29. The van der Waals surface area contributed by atoms with E-state index in [1.165, 1.54) is 18.2 Å². The lowest BCUT2D eigenvalue weighted by Gasteiger charge is -2.37. The van der Waals surface area contributed by atoms with E-state index in [-0.39, 0.29) is 11.3 Å². The Hall–Kier alpha value is -2.44. The van der Waals surface area contributed by atoms with Gasteiger partial charge in [-0.05, 0) is 37.7 Å². The molecule has 1 aromatic rings. The topological polar surface area (TPSA) is 110 Å². The van der Waals surface area contributed by atoms with Crippen molar-refractivity contribution in [1.29, 1.82) is 0 Å². The van der Waals surface area contributed by atoms with E-state index < -0.39 is 22.3 Å². The minimum absolute atomic E-state index is 0.0949. The number of nitrogens with zero attached hydrogens (tertiary/aromatic N) is 1. The van der Waals surface area contributed by atoms with Gasteiger partial charge in [0.15, 0.2) is 0 Å². The van der Waals surface area contributed by atoms with E-state index in [4.69, 9.17) is 0 Å². The molecule has 1 aliphatic carbocycles. The quantitative estimate of drug-likeness (QED) is 0.640. The van der Waals surface area contributed by atoms with Gasteiger partial charge in [0, 0.05) is 17.7 Å². The van der Waals surface area contributed by atoms with Crippen molar-refractivity contribution in [3.05, 3.63) is 39.9 Å². The first kappa shape index (κ1) is 16.9. The van der Waals surface area contributed by atoms with Gasteiger partial charge in [-0.25, -0.2) is 4.79 Å². The van der Waals surface area contributed by atoms with Crippen molar-refractivity contribution in [3.8, 4) is 0 Å². The number of carbonyl (C=O) groups excluding carboxylic acids is 1. The molecule has 1 aromatic carbocycles. The van der Waals surface area contributed by atoms with Gasteiger partial charge >= 0.3 is 5.97 Å². The number of carboxylic acids is 1. The second-order valence-corrected chi connectivity index (χ2v) is 6.00. The van der Waals surface area contributed by atoms with Crippen molar-refractivity contribution >= 4 is 17.6 Å². The zero-order valence-corrected chi connectivity index (χ0v) is 12.9. The molecule has 0 aromatic heterocycles. The third kappa shape index (κ3) is 3.67. The van der Waals surface area contributed by atoms with Gasteiger partial charge in [-0.15, -0.1) is 0 Å². The maximum absolute atomic E-state index is 12.4. The Bertz CT molecular complexity index is 621. The molecular formula is C16H20N2O5. The van der Waals surface area contributed by atoms with Crippen LogP contribution in [0, 0.1) is 16.0 Å². The van der Waals surface area contributed by atoms with Crippen molar-refractivity contribution in [2.24, 2.45) is 5.92 Å².